The van der Waals surface area contributed by atoms with Crippen LogP contribution in [0.3, 0.4) is 0 Å². The normalized spacial score (nSPS) is 29.6. The van der Waals surface area contributed by atoms with Crippen molar-refractivity contribution in [1.29, 1.82) is 0 Å². The zero-order valence-corrected chi connectivity index (χ0v) is 8.92. The third-order valence-corrected chi connectivity index (χ3v) is 3.80. The summed E-state index contributed by atoms with van der Waals surface area (Å²) >= 11 is 1.74. The Morgan fingerprint density at radius 2 is 2.64 bits per heavy atom. The highest BCUT2D eigenvalue weighted by atomic mass is 32.2. The van der Waals surface area contributed by atoms with E-state index in [1.54, 1.807) is 11.8 Å². The van der Waals surface area contributed by atoms with Gasteiger partial charge in [0.15, 0.2) is 0 Å². The minimum atomic E-state index is -0.0521. The van der Waals surface area contributed by atoms with Crippen molar-refractivity contribution in [2.75, 3.05) is 12.4 Å². The number of esters is 1. The van der Waals surface area contributed by atoms with Crippen LogP contribution in [-0.4, -0.2) is 24.5 Å². The number of aliphatic imine (C=N–C) groups is 1. The van der Waals surface area contributed by atoms with Crippen LogP contribution < -0.4 is 0 Å². The van der Waals surface area contributed by atoms with Crippen molar-refractivity contribution < 1.29 is 9.53 Å². The first-order valence-corrected chi connectivity index (χ1v) is 5.82. The summed E-state index contributed by atoms with van der Waals surface area (Å²) in [7, 11) is 0. The number of ether oxygens (including phenoxy) is 1. The number of rotatable bonds is 2. The van der Waals surface area contributed by atoms with Gasteiger partial charge < -0.3 is 4.74 Å². The highest BCUT2D eigenvalue weighted by Gasteiger charge is 2.38. The van der Waals surface area contributed by atoms with Gasteiger partial charge in [0.2, 0.25) is 0 Å². The van der Waals surface area contributed by atoms with E-state index in [1.165, 1.54) is 4.91 Å². The Labute approximate surface area is 87.6 Å². The van der Waals surface area contributed by atoms with Crippen molar-refractivity contribution in [2.45, 2.75) is 13.3 Å². The predicted octanol–water partition coefficient (Wildman–Crippen LogP) is 1.84. The van der Waals surface area contributed by atoms with Crippen molar-refractivity contribution in [3.63, 3.8) is 0 Å². The fraction of sp³-hybridized carbons (Fsp3) is 0.600. The molecule has 2 atom stereocenters. The lowest BCUT2D eigenvalue weighted by molar-refractivity contribution is -0.148. The summed E-state index contributed by atoms with van der Waals surface area (Å²) in [6.45, 7) is 2.32. The topological polar surface area (TPSA) is 38.7 Å². The predicted molar refractivity (Wildman–Crippen MR) is 57.3 cm³/mol. The molecule has 0 radical (unpaired) electrons. The number of fused-ring (bicyclic) bond motifs is 1. The van der Waals surface area contributed by atoms with Crippen molar-refractivity contribution in [3.8, 4) is 0 Å². The zero-order valence-electron chi connectivity index (χ0n) is 8.10. The highest BCUT2D eigenvalue weighted by Crippen LogP contribution is 2.43. The Morgan fingerprint density at radius 3 is 3.43 bits per heavy atom. The maximum atomic E-state index is 11.6. The molecule has 2 aliphatic rings. The Morgan fingerprint density at radius 1 is 1.79 bits per heavy atom. The molecule has 76 valence electrons. The van der Waals surface area contributed by atoms with Crippen LogP contribution in [0.2, 0.25) is 0 Å². The van der Waals surface area contributed by atoms with Crippen molar-refractivity contribution in [2.24, 2.45) is 16.8 Å². The molecular weight excluding hydrogens is 198 g/mol. The lowest BCUT2D eigenvalue weighted by Crippen LogP contribution is -2.25. The molecule has 0 bridgehead atoms. The summed E-state index contributed by atoms with van der Waals surface area (Å²) in [5, 5.41) is 0. The fourth-order valence-electron chi connectivity index (χ4n) is 1.80. The number of carbonyl (C=O) groups excluding carboxylic acids is 1. The van der Waals surface area contributed by atoms with Gasteiger partial charge in [-0.15, -0.1) is 11.8 Å². The summed E-state index contributed by atoms with van der Waals surface area (Å²) in [4.78, 5) is 16.9. The van der Waals surface area contributed by atoms with Crippen LogP contribution in [0.1, 0.15) is 13.3 Å². The SMILES string of the molecule is CCOC(=O)C1CSC2=CN=CCC21. The Kier molecular flexibility index (Phi) is 2.91. The molecular formula is C10H13NO2S. The molecule has 0 amide bonds. The van der Waals surface area contributed by atoms with Crippen LogP contribution in [0.5, 0.6) is 0 Å². The first-order chi connectivity index (χ1) is 6.83. The summed E-state index contributed by atoms with van der Waals surface area (Å²) in [6.07, 6.45) is 4.63. The van der Waals surface area contributed by atoms with Gasteiger partial charge in [-0.05, 0) is 13.3 Å². The average Bonchev–Trinajstić information content (AvgIpc) is 2.61. The van der Waals surface area contributed by atoms with Gasteiger partial charge in [0.1, 0.15) is 0 Å². The van der Waals surface area contributed by atoms with Gasteiger partial charge in [-0.3, -0.25) is 9.79 Å². The first-order valence-electron chi connectivity index (χ1n) is 4.84. The van der Waals surface area contributed by atoms with E-state index >= 15 is 0 Å². The molecule has 2 rings (SSSR count). The molecule has 0 aromatic carbocycles. The molecule has 3 nitrogen and oxygen atoms in total. The minimum absolute atomic E-state index is 0.0398. The van der Waals surface area contributed by atoms with E-state index in [0.29, 0.717) is 12.5 Å². The van der Waals surface area contributed by atoms with Crippen molar-refractivity contribution >= 4 is 23.9 Å². The van der Waals surface area contributed by atoms with Crippen LogP contribution in [-0.2, 0) is 9.53 Å². The first kappa shape index (κ1) is 9.77. The third kappa shape index (κ3) is 1.71. The van der Waals surface area contributed by atoms with E-state index in [9.17, 15) is 4.79 Å². The summed E-state index contributed by atoms with van der Waals surface area (Å²) in [6, 6.07) is 0. The van der Waals surface area contributed by atoms with Gasteiger partial charge in [0, 0.05) is 29.0 Å². The van der Waals surface area contributed by atoms with Gasteiger partial charge >= 0.3 is 5.97 Å². The molecule has 0 aromatic heterocycles. The third-order valence-electron chi connectivity index (χ3n) is 2.54. The molecule has 1 fully saturated rings. The maximum Gasteiger partial charge on any atom is 0.310 e. The molecule has 2 aliphatic heterocycles. The number of hydrogen-bond acceptors (Lipinski definition) is 4. The van der Waals surface area contributed by atoms with E-state index in [1.807, 2.05) is 19.3 Å². The van der Waals surface area contributed by atoms with Crippen molar-refractivity contribution in [3.05, 3.63) is 11.1 Å². The highest BCUT2D eigenvalue weighted by molar-refractivity contribution is 8.03. The quantitative estimate of drug-likeness (QED) is 0.654. The number of hydrogen-bond donors (Lipinski definition) is 0. The van der Waals surface area contributed by atoms with Crippen LogP contribution in [0.25, 0.3) is 0 Å². The number of thioether (sulfide) groups is 1. The number of allylic oxidation sites excluding steroid dienone is 1. The molecule has 1 saturated heterocycles. The van der Waals surface area contributed by atoms with Crippen LogP contribution in [0.15, 0.2) is 16.1 Å². The van der Waals surface area contributed by atoms with Crippen molar-refractivity contribution in [1.82, 2.24) is 0 Å². The molecule has 0 aliphatic carbocycles. The van der Waals surface area contributed by atoms with Gasteiger partial charge in [-0.2, -0.15) is 0 Å². The molecule has 0 N–H and O–H groups in total. The standard InChI is InChI=1S/C10H13NO2S/c1-2-13-10(12)8-6-14-9-5-11-4-3-7(8)9/h4-5,7-8H,2-3,6H2,1H3. The fourth-order valence-corrected chi connectivity index (χ4v) is 3.15. The second kappa shape index (κ2) is 4.17. The number of nitrogens with zero attached hydrogens (tertiary/aromatic N) is 1. The Bertz CT molecular complexity index is 298. The monoisotopic (exact) mass is 211 g/mol. The molecule has 0 saturated carbocycles. The van der Waals surface area contributed by atoms with Crippen LogP contribution in [0.4, 0.5) is 0 Å². The Balaban J connectivity index is 2.06. The lowest BCUT2D eigenvalue weighted by atomic mass is 9.90. The number of carbonyl (C=O) groups is 1. The summed E-state index contributed by atoms with van der Waals surface area (Å²) < 4.78 is 5.05. The molecule has 2 unspecified atom stereocenters. The molecule has 4 heteroatoms. The molecule has 14 heavy (non-hydrogen) atoms. The van der Waals surface area contributed by atoms with Gasteiger partial charge in [-0.1, -0.05) is 0 Å². The maximum absolute atomic E-state index is 11.6. The average molecular weight is 211 g/mol. The second-order valence-electron chi connectivity index (χ2n) is 3.37. The summed E-state index contributed by atoms with van der Waals surface area (Å²) in [5.41, 5.74) is 0. The van der Waals surface area contributed by atoms with E-state index < -0.39 is 0 Å². The van der Waals surface area contributed by atoms with E-state index in [4.69, 9.17) is 4.74 Å². The molecule has 0 aromatic rings. The minimum Gasteiger partial charge on any atom is -0.466 e. The van der Waals surface area contributed by atoms with E-state index in [0.717, 1.165) is 12.2 Å². The van der Waals surface area contributed by atoms with Crippen LogP contribution in [0, 0.1) is 11.8 Å². The summed E-state index contributed by atoms with van der Waals surface area (Å²) in [5.74, 6) is 1.16. The lowest BCUT2D eigenvalue weighted by Gasteiger charge is -2.17. The zero-order chi connectivity index (χ0) is 9.97. The van der Waals surface area contributed by atoms with Gasteiger partial charge in [0.25, 0.3) is 0 Å². The second-order valence-corrected chi connectivity index (χ2v) is 4.47. The largest absolute Gasteiger partial charge is 0.466 e. The van der Waals surface area contributed by atoms with E-state index in [2.05, 4.69) is 4.99 Å². The van der Waals surface area contributed by atoms with Gasteiger partial charge in [0.05, 0.1) is 12.5 Å². The smallest absolute Gasteiger partial charge is 0.310 e. The van der Waals surface area contributed by atoms with Crippen LogP contribution >= 0.6 is 11.8 Å². The van der Waals surface area contributed by atoms with Gasteiger partial charge in [-0.25, -0.2) is 0 Å². The molecule has 0 spiro atoms. The van der Waals surface area contributed by atoms with E-state index in [-0.39, 0.29) is 11.9 Å². The molecule has 2 heterocycles. The Hall–Kier alpha value is -0.770.